The van der Waals surface area contributed by atoms with Crippen LogP contribution in [0.25, 0.3) is 11.4 Å². The predicted molar refractivity (Wildman–Crippen MR) is 87.1 cm³/mol. The van der Waals surface area contributed by atoms with Crippen molar-refractivity contribution in [1.82, 2.24) is 19.1 Å². The second kappa shape index (κ2) is 6.33. The zero-order chi connectivity index (χ0) is 15.6. The molecule has 0 radical (unpaired) electrons. The van der Waals surface area contributed by atoms with Crippen LogP contribution in [0.4, 0.5) is 5.82 Å². The van der Waals surface area contributed by atoms with Gasteiger partial charge in [0.25, 0.3) is 0 Å². The zero-order valence-electron chi connectivity index (χ0n) is 13.8. The van der Waals surface area contributed by atoms with Crippen molar-refractivity contribution in [3.05, 3.63) is 18.3 Å². The lowest BCUT2D eigenvalue weighted by atomic mass is 10.2. The van der Waals surface area contributed by atoms with Crippen LogP contribution >= 0.6 is 0 Å². The van der Waals surface area contributed by atoms with E-state index >= 15 is 0 Å². The van der Waals surface area contributed by atoms with Crippen LogP contribution in [0.1, 0.15) is 52.9 Å². The third-order valence-corrected chi connectivity index (χ3v) is 3.57. The number of nitrogens with two attached hydrogens (primary N) is 1. The Hall–Kier alpha value is -1.78. The van der Waals surface area contributed by atoms with Gasteiger partial charge in [-0.25, -0.2) is 9.97 Å². The van der Waals surface area contributed by atoms with Gasteiger partial charge in [0.15, 0.2) is 0 Å². The number of nitrogen functional groups attached to an aromatic ring is 1. The topological polar surface area (TPSA) is 61.7 Å². The summed E-state index contributed by atoms with van der Waals surface area (Å²) in [5.74, 6) is 2.38. The molecular weight excluding hydrogens is 262 g/mol. The molecule has 0 amide bonds. The maximum atomic E-state index is 6.40. The molecule has 0 aliphatic rings. The molecule has 0 aliphatic heterocycles. The summed E-state index contributed by atoms with van der Waals surface area (Å²) in [7, 11) is 0. The summed E-state index contributed by atoms with van der Waals surface area (Å²) in [6.07, 6.45) is 5.72. The molecule has 5 nitrogen and oxygen atoms in total. The number of nitrogens with zero attached hydrogens (tertiary/aromatic N) is 4. The van der Waals surface area contributed by atoms with Crippen molar-refractivity contribution < 1.29 is 0 Å². The smallest absolute Gasteiger partial charge is 0.133 e. The normalized spacial score (nSPS) is 11.8. The van der Waals surface area contributed by atoms with Gasteiger partial charge >= 0.3 is 0 Å². The Bertz CT molecular complexity index is 592. The minimum Gasteiger partial charge on any atom is -0.383 e. The molecule has 0 saturated heterocycles. The SMILES string of the molecule is CCCc1nc(-c2cncn2C(C)C)c(N)n1CC(C)C. The molecule has 0 unspecified atom stereocenters. The third kappa shape index (κ3) is 3.12. The van der Waals surface area contributed by atoms with Gasteiger partial charge in [0.05, 0.1) is 18.2 Å². The Labute approximate surface area is 127 Å². The second-order valence-electron chi connectivity index (χ2n) is 6.30. The van der Waals surface area contributed by atoms with E-state index in [1.54, 1.807) is 0 Å². The Balaban J connectivity index is 2.51. The van der Waals surface area contributed by atoms with Crippen molar-refractivity contribution in [1.29, 1.82) is 0 Å². The Morgan fingerprint density at radius 3 is 2.52 bits per heavy atom. The maximum absolute atomic E-state index is 6.40. The number of hydrogen-bond donors (Lipinski definition) is 1. The van der Waals surface area contributed by atoms with Crippen LogP contribution in [0.15, 0.2) is 12.5 Å². The number of hydrogen-bond acceptors (Lipinski definition) is 3. The van der Waals surface area contributed by atoms with Crippen LogP contribution in [0.2, 0.25) is 0 Å². The first-order valence-corrected chi connectivity index (χ1v) is 7.82. The molecule has 0 bridgehead atoms. The highest BCUT2D eigenvalue weighted by molar-refractivity contribution is 5.68. The van der Waals surface area contributed by atoms with Crippen molar-refractivity contribution in [3.8, 4) is 11.4 Å². The molecule has 0 atom stereocenters. The Morgan fingerprint density at radius 2 is 1.95 bits per heavy atom. The average Bonchev–Trinajstić information content (AvgIpc) is 2.98. The molecule has 2 rings (SSSR count). The van der Waals surface area contributed by atoms with E-state index < -0.39 is 0 Å². The van der Waals surface area contributed by atoms with Gasteiger partial charge in [-0.05, 0) is 26.2 Å². The van der Waals surface area contributed by atoms with Crippen LogP contribution in [-0.2, 0) is 13.0 Å². The zero-order valence-corrected chi connectivity index (χ0v) is 13.8. The number of aryl methyl sites for hydroxylation is 1. The molecule has 2 aromatic heterocycles. The second-order valence-corrected chi connectivity index (χ2v) is 6.30. The fraction of sp³-hybridized carbons (Fsp3) is 0.625. The van der Waals surface area contributed by atoms with E-state index in [-0.39, 0.29) is 0 Å². The summed E-state index contributed by atoms with van der Waals surface area (Å²) in [6, 6.07) is 0.340. The van der Waals surface area contributed by atoms with Crippen LogP contribution in [0, 0.1) is 5.92 Å². The lowest BCUT2D eigenvalue weighted by molar-refractivity contribution is 0.510. The van der Waals surface area contributed by atoms with Gasteiger partial charge in [0.2, 0.25) is 0 Å². The summed E-state index contributed by atoms with van der Waals surface area (Å²) in [4.78, 5) is 9.08. The van der Waals surface area contributed by atoms with Crippen LogP contribution in [0.3, 0.4) is 0 Å². The molecule has 0 spiro atoms. The van der Waals surface area contributed by atoms with E-state index in [9.17, 15) is 0 Å². The first-order chi connectivity index (χ1) is 9.95. The van der Waals surface area contributed by atoms with E-state index in [0.717, 1.165) is 42.4 Å². The van der Waals surface area contributed by atoms with E-state index in [4.69, 9.17) is 10.7 Å². The molecular formula is C16H27N5. The van der Waals surface area contributed by atoms with E-state index in [0.29, 0.717) is 12.0 Å². The van der Waals surface area contributed by atoms with E-state index in [1.165, 1.54) is 0 Å². The van der Waals surface area contributed by atoms with E-state index in [1.807, 2.05) is 12.5 Å². The van der Waals surface area contributed by atoms with Gasteiger partial charge in [-0.15, -0.1) is 0 Å². The molecule has 21 heavy (non-hydrogen) atoms. The van der Waals surface area contributed by atoms with Gasteiger partial charge in [-0.1, -0.05) is 20.8 Å². The van der Waals surface area contributed by atoms with Crippen LogP contribution in [-0.4, -0.2) is 19.1 Å². The molecule has 0 saturated carbocycles. The molecule has 0 aliphatic carbocycles. The third-order valence-electron chi connectivity index (χ3n) is 3.57. The van der Waals surface area contributed by atoms with Crippen molar-refractivity contribution >= 4 is 5.82 Å². The van der Waals surface area contributed by atoms with Crippen molar-refractivity contribution in [3.63, 3.8) is 0 Å². The quantitative estimate of drug-likeness (QED) is 0.885. The number of rotatable bonds is 6. The highest BCUT2D eigenvalue weighted by Crippen LogP contribution is 2.29. The highest BCUT2D eigenvalue weighted by atomic mass is 15.2. The lowest BCUT2D eigenvalue weighted by Gasteiger charge is -2.13. The first kappa shape index (κ1) is 15.6. The highest BCUT2D eigenvalue weighted by Gasteiger charge is 2.19. The van der Waals surface area contributed by atoms with Crippen molar-refractivity contribution in [2.24, 2.45) is 5.92 Å². The Kier molecular flexibility index (Phi) is 4.70. The lowest BCUT2D eigenvalue weighted by Crippen LogP contribution is -2.11. The standard InChI is InChI=1S/C16H27N5/c1-6-7-14-19-15(16(17)20(14)9-11(2)3)13-8-18-10-21(13)12(4)5/h8,10-12H,6-7,9,17H2,1-5H3. The molecule has 5 heteroatoms. The summed E-state index contributed by atoms with van der Waals surface area (Å²) in [5, 5.41) is 0. The minimum absolute atomic E-state index is 0.340. The average molecular weight is 289 g/mol. The van der Waals surface area contributed by atoms with Gasteiger partial charge in [0.1, 0.15) is 17.3 Å². The number of aromatic nitrogens is 4. The molecule has 2 N–H and O–H groups in total. The van der Waals surface area contributed by atoms with Gasteiger partial charge < -0.3 is 14.9 Å². The van der Waals surface area contributed by atoms with Crippen molar-refractivity contribution in [2.75, 3.05) is 5.73 Å². The summed E-state index contributed by atoms with van der Waals surface area (Å²) >= 11 is 0. The van der Waals surface area contributed by atoms with Gasteiger partial charge in [-0.2, -0.15) is 0 Å². The number of imidazole rings is 2. The van der Waals surface area contributed by atoms with Gasteiger partial charge in [-0.3, -0.25) is 0 Å². The summed E-state index contributed by atoms with van der Waals surface area (Å²) in [5.41, 5.74) is 8.27. The summed E-state index contributed by atoms with van der Waals surface area (Å²) in [6.45, 7) is 11.8. The monoisotopic (exact) mass is 289 g/mol. The first-order valence-electron chi connectivity index (χ1n) is 7.82. The Morgan fingerprint density at radius 1 is 1.24 bits per heavy atom. The molecule has 116 valence electrons. The largest absolute Gasteiger partial charge is 0.383 e. The van der Waals surface area contributed by atoms with Gasteiger partial charge in [0, 0.05) is 19.0 Å². The molecule has 2 heterocycles. The predicted octanol–water partition coefficient (Wildman–Crippen LogP) is 3.52. The fourth-order valence-corrected chi connectivity index (χ4v) is 2.58. The van der Waals surface area contributed by atoms with Crippen LogP contribution in [0.5, 0.6) is 0 Å². The maximum Gasteiger partial charge on any atom is 0.133 e. The van der Waals surface area contributed by atoms with Crippen LogP contribution < -0.4 is 5.73 Å². The molecule has 0 fully saturated rings. The van der Waals surface area contributed by atoms with Crippen molar-refractivity contribution in [2.45, 2.75) is 60.0 Å². The molecule has 2 aromatic rings. The number of anilines is 1. The molecule has 0 aromatic carbocycles. The minimum atomic E-state index is 0.340. The fourth-order valence-electron chi connectivity index (χ4n) is 2.58. The summed E-state index contributed by atoms with van der Waals surface area (Å²) < 4.78 is 4.29. The van der Waals surface area contributed by atoms with E-state index in [2.05, 4.69) is 48.7 Å².